The number of carbonyl (C=O) groups is 1. The molecule has 2 nitrogen and oxygen atoms in total. The third-order valence-electron chi connectivity index (χ3n) is 4.27. The highest BCUT2D eigenvalue weighted by Crippen LogP contribution is 2.38. The highest BCUT2D eigenvalue weighted by Gasteiger charge is 2.42. The third kappa shape index (κ3) is 4.84. The van der Waals surface area contributed by atoms with E-state index >= 15 is 0 Å². The van der Waals surface area contributed by atoms with Crippen LogP contribution in [0.25, 0.3) is 0 Å². The van der Waals surface area contributed by atoms with E-state index in [9.17, 15) is 23.1 Å². The summed E-state index contributed by atoms with van der Waals surface area (Å²) in [7, 11) is 0. The Labute approximate surface area is 118 Å². The van der Waals surface area contributed by atoms with Crippen LogP contribution in [0.4, 0.5) is 13.2 Å². The highest BCUT2D eigenvalue weighted by atomic mass is 19.4. The molecule has 0 aromatic carbocycles. The second-order valence-electron chi connectivity index (χ2n) is 5.97. The molecular weight excluding hydrogens is 269 g/mol. The molecule has 1 saturated carbocycles. The molecule has 1 aliphatic rings. The highest BCUT2D eigenvalue weighted by molar-refractivity contribution is 5.94. The molecule has 0 aliphatic heterocycles. The first-order chi connectivity index (χ1) is 9.18. The zero-order valence-corrected chi connectivity index (χ0v) is 12.1. The smallest absolute Gasteiger partial charge is 0.390 e. The molecule has 0 aromatic rings. The SMILES string of the molecule is CCC(C)(CC(F)(F)F)C(=O)/C=C(\O)C1CCCCC1. The summed E-state index contributed by atoms with van der Waals surface area (Å²) in [6, 6.07) is 0. The molecule has 0 bridgehead atoms. The first-order valence-electron chi connectivity index (χ1n) is 7.19. The van der Waals surface area contributed by atoms with Gasteiger partial charge in [0.2, 0.25) is 0 Å². The van der Waals surface area contributed by atoms with E-state index in [1.54, 1.807) is 6.92 Å². The Bertz CT molecular complexity index is 368. The van der Waals surface area contributed by atoms with Crippen molar-refractivity contribution in [1.82, 2.24) is 0 Å². The molecule has 0 amide bonds. The number of rotatable bonds is 5. The second-order valence-corrected chi connectivity index (χ2v) is 5.97. The molecule has 0 saturated heterocycles. The Kier molecular flexibility index (Phi) is 5.66. The van der Waals surface area contributed by atoms with E-state index in [0.717, 1.165) is 38.2 Å². The average Bonchev–Trinajstić information content (AvgIpc) is 2.37. The minimum absolute atomic E-state index is 0.0449. The van der Waals surface area contributed by atoms with E-state index < -0.39 is 23.8 Å². The summed E-state index contributed by atoms with van der Waals surface area (Å²) in [6.07, 6.45) is 0.298. The van der Waals surface area contributed by atoms with Crippen molar-refractivity contribution in [3.63, 3.8) is 0 Å². The fourth-order valence-electron chi connectivity index (χ4n) is 2.65. The summed E-state index contributed by atoms with van der Waals surface area (Å²) in [4.78, 5) is 12.1. The summed E-state index contributed by atoms with van der Waals surface area (Å²) in [5, 5.41) is 9.96. The van der Waals surface area contributed by atoms with Crippen molar-refractivity contribution in [2.45, 2.75) is 65.0 Å². The molecule has 1 aliphatic carbocycles. The van der Waals surface area contributed by atoms with Crippen LogP contribution < -0.4 is 0 Å². The van der Waals surface area contributed by atoms with Gasteiger partial charge in [-0.15, -0.1) is 0 Å². The lowest BCUT2D eigenvalue weighted by Gasteiger charge is -2.27. The van der Waals surface area contributed by atoms with E-state index in [-0.39, 0.29) is 18.1 Å². The summed E-state index contributed by atoms with van der Waals surface area (Å²) < 4.78 is 37.7. The van der Waals surface area contributed by atoms with Crippen molar-refractivity contribution >= 4 is 5.78 Å². The van der Waals surface area contributed by atoms with Crippen LogP contribution in [0.15, 0.2) is 11.8 Å². The minimum Gasteiger partial charge on any atom is -0.512 e. The van der Waals surface area contributed by atoms with Crippen molar-refractivity contribution in [3.05, 3.63) is 11.8 Å². The van der Waals surface area contributed by atoms with Crippen LogP contribution in [0.1, 0.15) is 58.8 Å². The van der Waals surface area contributed by atoms with Gasteiger partial charge in [-0.3, -0.25) is 4.79 Å². The number of carbonyl (C=O) groups excluding carboxylic acids is 1. The third-order valence-corrected chi connectivity index (χ3v) is 4.27. The van der Waals surface area contributed by atoms with Gasteiger partial charge in [0, 0.05) is 17.4 Å². The number of halogens is 3. The Morgan fingerprint density at radius 2 is 1.80 bits per heavy atom. The summed E-state index contributed by atoms with van der Waals surface area (Å²) in [6.45, 7) is 2.88. The standard InChI is InChI=1S/C15H23F3O2/c1-3-14(2,10-15(16,17)18)13(20)9-12(19)11-7-5-4-6-8-11/h9,11,19H,3-8,10H2,1-2H3/b12-9-. The molecule has 0 heterocycles. The van der Waals surface area contributed by atoms with Gasteiger partial charge in [0.15, 0.2) is 5.78 Å². The lowest BCUT2D eigenvalue weighted by molar-refractivity contribution is -0.163. The van der Waals surface area contributed by atoms with E-state index in [1.807, 2.05) is 0 Å². The summed E-state index contributed by atoms with van der Waals surface area (Å²) in [5.41, 5.74) is -1.49. The van der Waals surface area contributed by atoms with Crippen LogP contribution in [0.3, 0.4) is 0 Å². The molecule has 116 valence electrons. The molecule has 1 unspecified atom stereocenters. The lowest BCUT2D eigenvalue weighted by atomic mass is 9.78. The molecule has 0 spiro atoms. The van der Waals surface area contributed by atoms with Crippen molar-refractivity contribution in [2.24, 2.45) is 11.3 Å². The lowest BCUT2D eigenvalue weighted by Crippen LogP contribution is -2.32. The topological polar surface area (TPSA) is 37.3 Å². The van der Waals surface area contributed by atoms with Crippen LogP contribution >= 0.6 is 0 Å². The van der Waals surface area contributed by atoms with Gasteiger partial charge < -0.3 is 5.11 Å². The molecule has 0 aromatic heterocycles. The Hall–Kier alpha value is -1.00. The first kappa shape index (κ1) is 17.1. The van der Waals surface area contributed by atoms with Gasteiger partial charge in [0.25, 0.3) is 0 Å². The maximum atomic E-state index is 12.6. The van der Waals surface area contributed by atoms with E-state index in [0.29, 0.717) is 0 Å². The Morgan fingerprint density at radius 1 is 1.25 bits per heavy atom. The Balaban J connectivity index is 2.79. The quantitative estimate of drug-likeness (QED) is 0.575. The van der Waals surface area contributed by atoms with E-state index in [4.69, 9.17) is 0 Å². The van der Waals surface area contributed by atoms with Gasteiger partial charge >= 0.3 is 6.18 Å². The maximum Gasteiger partial charge on any atom is 0.390 e. The fraction of sp³-hybridized carbons (Fsp3) is 0.800. The van der Waals surface area contributed by atoms with Crippen molar-refractivity contribution in [2.75, 3.05) is 0 Å². The fourth-order valence-corrected chi connectivity index (χ4v) is 2.65. The van der Waals surface area contributed by atoms with Crippen LogP contribution in [0, 0.1) is 11.3 Å². The number of ketones is 1. The van der Waals surface area contributed by atoms with Crippen LogP contribution in [-0.4, -0.2) is 17.1 Å². The van der Waals surface area contributed by atoms with Crippen molar-refractivity contribution < 1.29 is 23.1 Å². The van der Waals surface area contributed by atoms with Gasteiger partial charge in [0.05, 0.1) is 12.2 Å². The monoisotopic (exact) mass is 292 g/mol. The predicted octanol–water partition coefficient (Wildman–Crippen LogP) is 4.95. The van der Waals surface area contributed by atoms with Gasteiger partial charge in [-0.2, -0.15) is 13.2 Å². The number of hydrogen-bond acceptors (Lipinski definition) is 2. The first-order valence-corrected chi connectivity index (χ1v) is 7.19. The largest absolute Gasteiger partial charge is 0.512 e. The molecule has 5 heteroatoms. The predicted molar refractivity (Wildman–Crippen MR) is 71.4 cm³/mol. The van der Waals surface area contributed by atoms with Gasteiger partial charge in [-0.1, -0.05) is 33.1 Å². The number of alkyl halides is 3. The molecular formula is C15H23F3O2. The van der Waals surface area contributed by atoms with E-state index in [1.165, 1.54) is 6.92 Å². The molecule has 1 N–H and O–H groups in total. The molecule has 1 fully saturated rings. The van der Waals surface area contributed by atoms with Gasteiger partial charge in [-0.05, 0) is 19.3 Å². The summed E-state index contributed by atoms with van der Waals surface area (Å²) in [5.74, 6) is -0.739. The normalized spacial score (nSPS) is 21.6. The van der Waals surface area contributed by atoms with Crippen molar-refractivity contribution in [1.29, 1.82) is 0 Å². The minimum atomic E-state index is -4.38. The molecule has 0 radical (unpaired) electrons. The second kappa shape index (κ2) is 6.64. The van der Waals surface area contributed by atoms with Crippen LogP contribution in [0.5, 0.6) is 0 Å². The molecule has 20 heavy (non-hydrogen) atoms. The Morgan fingerprint density at radius 3 is 2.25 bits per heavy atom. The van der Waals surface area contributed by atoms with Crippen LogP contribution in [0.2, 0.25) is 0 Å². The summed E-state index contributed by atoms with van der Waals surface area (Å²) >= 11 is 0. The molecule has 1 rings (SSSR count). The van der Waals surface area contributed by atoms with E-state index in [2.05, 4.69) is 0 Å². The van der Waals surface area contributed by atoms with Crippen molar-refractivity contribution in [3.8, 4) is 0 Å². The average molecular weight is 292 g/mol. The molecule has 1 atom stereocenters. The zero-order chi connectivity index (χ0) is 15.4. The van der Waals surface area contributed by atoms with Crippen LogP contribution in [-0.2, 0) is 4.79 Å². The number of hydrogen-bond donors (Lipinski definition) is 1. The van der Waals surface area contributed by atoms with Gasteiger partial charge in [0.1, 0.15) is 0 Å². The zero-order valence-electron chi connectivity index (χ0n) is 12.1. The number of allylic oxidation sites excluding steroid dienone is 2. The maximum absolute atomic E-state index is 12.6. The van der Waals surface area contributed by atoms with Gasteiger partial charge in [-0.25, -0.2) is 0 Å². The number of aliphatic hydroxyl groups excluding tert-OH is 1. The number of aliphatic hydroxyl groups is 1.